The third kappa shape index (κ3) is 3.73. The molecule has 20 heavy (non-hydrogen) atoms. The maximum absolute atomic E-state index is 11.4. The monoisotopic (exact) mass is 276 g/mol. The van der Waals surface area contributed by atoms with Crippen molar-refractivity contribution in [3.05, 3.63) is 35.4 Å². The Morgan fingerprint density at radius 1 is 1.15 bits per heavy atom. The van der Waals surface area contributed by atoms with Crippen LogP contribution in [0, 0.1) is 0 Å². The lowest BCUT2D eigenvalue weighted by molar-refractivity contribution is 0.0889. The summed E-state index contributed by atoms with van der Waals surface area (Å²) < 4.78 is 4.75. The van der Waals surface area contributed by atoms with Gasteiger partial charge in [0.25, 0.3) is 0 Å². The summed E-state index contributed by atoms with van der Waals surface area (Å²) in [7, 11) is 1.44. The topological polar surface area (TPSA) is 32.8 Å². The molecule has 110 valence electrons. The molecule has 0 unspecified atom stereocenters. The average molecular weight is 276 g/mol. The lowest BCUT2D eigenvalue weighted by Crippen LogP contribution is -2.48. The van der Waals surface area contributed by atoms with Crippen molar-refractivity contribution in [2.24, 2.45) is 0 Å². The molecule has 1 aliphatic rings. The van der Waals surface area contributed by atoms with Crippen molar-refractivity contribution in [2.75, 3.05) is 33.3 Å². The van der Waals surface area contributed by atoms with E-state index < -0.39 is 0 Å². The lowest BCUT2D eigenvalue weighted by Gasteiger charge is -2.33. The number of hydrogen-bond acceptors (Lipinski definition) is 3. The molecule has 1 aromatic rings. The predicted molar refractivity (Wildman–Crippen MR) is 79.8 cm³/mol. The van der Waals surface area contributed by atoms with Gasteiger partial charge in [-0.2, -0.15) is 0 Å². The fourth-order valence-corrected chi connectivity index (χ4v) is 2.48. The molecule has 4 heteroatoms. The Kier molecular flexibility index (Phi) is 5.01. The van der Waals surface area contributed by atoms with Crippen molar-refractivity contribution in [3.63, 3.8) is 0 Å². The van der Waals surface area contributed by atoms with Crippen molar-refractivity contribution >= 4 is 6.09 Å². The summed E-state index contributed by atoms with van der Waals surface area (Å²) in [6.07, 6.45) is -0.217. The van der Waals surface area contributed by atoms with Gasteiger partial charge in [0.2, 0.25) is 0 Å². The molecule has 0 aromatic heterocycles. The first-order chi connectivity index (χ1) is 9.60. The first-order valence-electron chi connectivity index (χ1n) is 7.24. The molecule has 1 fully saturated rings. The van der Waals surface area contributed by atoms with Gasteiger partial charge in [0.15, 0.2) is 0 Å². The number of piperazine rings is 1. The van der Waals surface area contributed by atoms with Gasteiger partial charge in [0.05, 0.1) is 7.11 Å². The molecule has 0 aliphatic carbocycles. The lowest BCUT2D eigenvalue weighted by atomic mass is 10.0. The molecular formula is C16H24N2O2. The summed E-state index contributed by atoms with van der Waals surface area (Å²) in [6.45, 7) is 8.67. The van der Waals surface area contributed by atoms with Crippen LogP contribution in [0.2, 0.25) is 0 Å². The third-order valence-electron chi connectivity index (χ3n) is 3.86. The number of methoxy groups -OCH3 is 1. The van der Waals surface area contributed by atoms with Gasteiger partial charge in [-0.25, -0.2) is 4.79 Å². The molecule has 2 rings (SSSR count). The van der Waals surface area contributed by atoms with E-state index in [1.165, 1.54) is 18.2 Å². The van der Waals surface area contributed by atoms with Crippen LogP contribution in [-0.2, 0) is 11.3 Å². The van der Waals surface area contributed by atoms with E-state index in [0.717, 1.165) is 32.7 Å². The maximum Gasteiger partial charge on any atom is 0.409 e. The summed E-state index contributed by atoms with van der Waals surface area (Å²) in [5, 5.41) is 0. The second-order valence-corrected chi connectivity index (χ2v) is 5.63. The van der Waals surface area contributed by atoms with Crippen LogP contribution >= 0.6 is 0 Å². The van der Waals surface area contributed by atoms with E-state index in [1.54, 1.807) is 4.90 Å². The summed E-state index contributed by atoms with van der Waals surface area (Å²) >= 11 is 0. The molecule has 1 amide bonds. The molecule has 1 heterocycles. The van der Waals surface area contributed by atoms with Gasteiger partial charge >= 0.3 is 6.09 Å². The van der Waals surface area contributed by atoms with E-state index in [2.05, 4.69) is 43.0 Å². The first kappa shape index (κ1) is 14.9. The highest BCUT2D eigenvalue weighted by Gasteiger charge is 2.21. The molecule has 0 saturated carbocycles. The van der Waals surface area contributed by atoms with Crippen LogP contribution in [0.1, 0.15) is 30.9 Å². The zero-order chi connectivity index (χ0) is 14.5. The van der Waals surface area contributed by atoms with E-state index in [4.69, 9.17) is 4.74 Å². The Hall–Kier alpha value is -1.55. The van der Waals surface area contributed by atoms with Crippen molar-refractivity contribution in [1.29, 1.82) is 0 Å². The van der Waals surface area contributed by atoms with Crippen LogP contribution in [0.5, 0.6) is 0 Å². The molecule has 0 N–H and O–H groups in total. The second kappa shape index (κ2) is 6.75. The Labute approximate surface area is 121 Å². The largest absolute Gasteiger partial charge is 0.453 e. The molecule has 1 aromatic carbocycles. The Bertz CT molecular complexity index is 434. The molecule has 0 bridgehead atoms. The highest BCUT2D eigenvalue weighted by atomic mass is 16.5. The summed E-state index contributed by atoms with van der Waals surface area (Å²) in [5.74, 6) is 0.577. The number of hydrogen-bond donors (Lipinski definition) is 0. The molecule has 0 spiro atoms. The number of ether oxygens (including phenoxy) is 1. The summed E-state index contributed by atoms with van der Waals surface area (Å²) in [6, 6.07) is 8.85. The Morgan fingerprint density at radius 2 is 1.75 bits per heavy atom. The summed E-state index contributed by atoms with van der Waals surface area (Å²) in [4.78, 5) is 15.6. The van der Waals surface area contributed by atoms with Crippen molar-refractivity contribution in [3.8, 4) is 0 Å². The summed E-state index contributed by atoms with van der Waals surface area (Å²) in [5.41, 5.74) is 2.71. The van der Waals surface area contributed by atoms with Crippen LogP contribution < -0.4 is 0 Å². The van der Waals surface area contributed by atoms with Crippen LogP contribution in [0.3, 0.4) is 0 Å². The average Bonchev–Trinajstić information content (AvgIpc) is 2.48. The van der Waals surface area contributed by atoms with Crippen LogP contribution in [0.25, 0.3) is 0 Å². The van der Waals surface area contributed by atoms with Crippen molar-refractivity contribution < 1.29 is 9.53 Å². The molecule has 0 radical (unpaired) electrons. The first-order valence-corrected chi connectivity index (χ1v) is 7.24. The fourth-order valence-electron chi connectivity index (χ4n) is 2.48. The van der Waals surface area contributed by atoms with E-state index in [1.807, 2.05) is 0 Å². The maximum atomic E-state index is 11.4. The highest BCUT2D eigenvalue weighted by molar-refractivity contribution is 5.67. The van der Waals surface area contributed by atoms with E-state index >= 15 is 0 Å². The van der Waals surface area contributed by atoms with Crippen molar-refractivity contribution in [1.82, 2.24) is 9.80 Å². The zero-order valence-electron chi connectivity index (χ0n) is 12.6. The molecule has 4 nitrogen and oxygen atoms in total. The van der Waals surface area contributed by atoms with E-state index in [9.17, 15) is 4.79 Å². The number of benzene rings is 1. The number of carbonyl (C=O) groups excluding carboxylic acids is 1. The van der Waals surface area contributed by atoms with Gasteiger partial charge in [0, 0.05) is 32.7 Å². The third-order valence-corrected chi connectivity index (χ3v) is 3.86. The van der Waals surface area contributed by atoms with Gasteiger partial charge in [-0.05, 0) is 17.0 Å². The van der Waals surface area contributed by atoms with Crippen LogP contribution in [0.4, 0.5) is 4.79 Å². The SMILES string of the molecule is COC(=O)N1CCN(Cc2ccc(C(C)C)cc2)CC1. The molecule has 1 saturated heterocycles. The van der Waals surface area contributed by atoms with Gasteiger partial charge in [-0.1, -0.05) is 38.1 Å². The van der Waals surface area contributed by atoms with Gasteiger partial charge < -0.3 is 9.64 Å². The van der Waals surface area contributed by atoms with Crippen molar-refractivity contribution in [2.45, 2.75) is 26.3 Å². The highest BCUT2D eigenvalue weighted by Crippen LogP contribution is 2.16. The minimum Gasteiger partial charge on any atom is -0.453 e. The molecule has 1 aliphatic heterocycles. The Balaban J connectivity index is 1.84. The van der Waals surface area contributed by atoms with Gasteiger partial charge in [-0.15, -0.1) is 0 Å². The second-order valence-electron chi connectivity index (χ2n) is 5.63. The van der Waals surface area contributed by atoms with E-state index in [-0.39, 0.29) is 6.09 Å². The number of nitrogens with zero attached hydrogens (tertiary/aromatic N) is 2. The van der Waals surface area contributed by atoms with E-state index in [0.29, 0.717) is 5.92 Å². The molecule has 0 atom stereocenters. The Morgan fingerprint density at radius 3 is 2.25 bits per heavy atom. The smallest absolute Gasteiger partial charge is 0.409 e. The standard InChI is InChI=1S/C16H24N2O2/c1-13(2)15-6-4-14(5-7-15)12-17-8-10-18(11-9-17)16(19)20-3/h4-7,13H,8-12H2,1-3H3. The number of amides is 1. The number of carbonyl (C=O) groups is 1. The fraction of sp³-hybridized carbons (Fsp3) is 0.562. The minimum atomic E-state index is -0.217. The van der Waals surface area contributed by atoms with Crippen LogP contribution in [-0.4, -0.2) is 49.2 Å². The van der Waals surface area contributed by atoms with Gasteiger partial charge in [0.1, 0.15) is 0 Å². The normalized spacial score (nSPS) is 16.5. The quantitative estimate of drug-likeness (QED) is 0.851. The number of rotatable bonds is 3. The van der Waals surface area contributed by atoms with Gasteiger partial charge in [-0.3, -0.25) is 4.90 Å². The zero-order valence-corrected chi connectivity index (χ0v) is 12.6. The molecular weight excluding hydrogens is 252 g/mol. The van der Waals surface area contributed by atoms with Crippen LogP contribution in [0.15, 0.2) is 24.3 Å². The predicted octanol–water partition coefficient (Wildman–Crippen LogP) is 2.69. The minimum absolute atomic E-state index is 0.217.